The van der Waals surface area contributed by atoms with Gasteiger partial charge in [0.05, 0.1) is 6.33 Å². The lowest BCUT2D eigenvalue weighted by atomic mass is 10.1. The number of aromatic nitrogens is 2. The molecule has 0 aliphatic rings. The van der Waals surface area contributed by atoms with Gasteiger partial charge < -0.3 is 15.1 Å². The normalized spacial score (nSPS) is 9.20. The molecule has 3 N–H and O–H groups in total. The molecule has 1 heterocycles. The molecule has 5 nitrogen and oxygen atoms in total. The average molecular weight is 319 g/mol. The van der Waals surface area contributed by atoms with Gasteiger partial charge in [-0.15, -0.1) is 24.8 Å². The van der Waals surface area contributed by atoms with E-state index in [0.29, 0.717) is 0 Å². The Morgan fingerprint density at radius 1 is 1.25 bits per heavy atom. The number of nitrogens with zero attached hydrogens (tertiary/aromatic N) is 2. The number of benzene rings is 1. The Hall–Kier alpha value is -1.82. The van der Waals surface area contributed by atoms with E-state index in [1.807, 2.05) is 35.0 Å². The van der Waals surface area contributed by atoms with Crippen molar-refractivity contribution in [3.05, 3.63) is 60.2 Å². The lowest BCUT2D eigenvalue weighted by molar-refractivity contribution is -0.131. The molecule has 0 saturated heterocycles. The van der Waals surface area contributed by atoms with E-state index in [0.717, 1.165) is 23.7 Å². The molecule has 0 spiro atoms. The molecule has 0 radical (unpaired) electrons. The third-order valence-corrected chi connectivity index (χ3v) is 2.32. The van der Waals surface area contributed by atoms with Gasteiger partial charge in [0.2, 0.25) is 0 Å². The summed E-state index contributed by atoms with van der Waals surface area (Å²) in [6.45, 7) is 0.767. The van der Waals surface area contributed by atoms with Crippen LogP contribution in [0.3, 0.4) is 0 Å². The summed E-state index contributed by atoms with van der Waals surface area (Å²) in [7, 11) is 0. The largest absolute Gasteiger partial charge is 0.478 e. The molecule has 2 aromatic rings. The highest BCUT2D eigenvalue weighted by Crippen LogP contribution is 2.07. The highest BCUT2D eigenvalue weighted by molar-refractivity contribution is 5.86. The molecule has 0 fully saturated rings. The molecule has 1 aromatic heterocycles. The van der Waals surface area contributed by atoms with Crippen LogP contribution in [0.15, 0.2) is 49.1 Å². The van der Waals surface area contributed by atoms with Gasteiger partial charge in [-0.05, 0) is 17.2 Å². The SMILES string of the molecule is Cl.Cl.O.O=C(O)/C=C/c1ccc(Cn2ccnc2)cc1. The Kier molecular flexibility index (Phi) is 10.3. The third-order valence-electron chi connectivity index (χ3n) is 2.32. The van der Waals surface area contributed by atoms with Gasteiger partial charge in [-0.2, -0.15) is 0 Å². The fourth-order valence-electron chi connectivity index (χ4n) is 1.49. The molecule has 0 bridgehead atoms. The minimum atomic E-state index is -0.938. The molecule has 0 amide bonds. The number of carboxylic acid groups (broad SMARTS) is 1. The van der Waals surface area contributed by atoms with Crippen molar-refractivity contribution < 1.29 is 15.4 Å². The lowest BCUT2D eigenvalue weighted by Crippen LogP contribution is -1.95. The molecule has 2 rings (SSSR count). The number of hydrogen-bond acceptors (Lipinski definition) is 2. The first-order valence-corrected chi connectivity index (χ1v) is 5.20. The maximum atomic E-state index is 10.4. The first kappa shape index (κ1) is 20.5. The van der Waals surface area contributed by atoms with Crippen molar-refractivity contribution in [3.8, 4) is 0 Å². The van der Waals surface area contributed by atoms with E-state index in [9.17, 15) is 4.79 Å². The van der Waals surface area contributed by atoms with Gasteiger partial charge in [-0.25, -0.2) is 9.78 Å². The Balaban J connectivity index is 0. The first-order chi connectivity index (χ1) is 8.24. The topological polar surface area (TPSA) is 86.6 Å². The van der Waals surface area contributed by atoms with E-state index in [1.165, 1.54) is 0 Å². The van der Waals surface area contributed by atoms with Gasteiger partial charge >= 0.3 is 5.97 Å². The average Bonchev–Trinajstić information content (AvgIpc) is 2.81. The minimum Gasteiger partial charge on any atom is -0.478 e. The van der Waals surface area contributed by atoms with Crippen LogP contribution in [-0.4, -0.2) is 26.1 Å². The Labute approximate surface area is 129 Å². The molecule has 0 aliphatic carbocycles. The predicted molar refractivity (Wildman–Crippen MR) is 82.6 cm³/mol. The van der Waals surface area contributed by atoms with E-state index < -0.39 is 5.97 Å². The smallest absolute Gasteiger partial charge is 0.328 e. The van der Waals surface area contributed by atoms with Crippen LogP contribution in [0.5, 0.6) is 0 Å². The zero-order valence-corrected chi connectivity index (χ0v) is 12.1. The van der Waals surface area contributed by atoms with Crippen LogP contribution < -0.4 is 0 Å². The monoisotopic (exact) mass is 318 g/mol. The van der Waals surface area contributed by atoms with Crippen molar-refractivity contribution in [2.75, 3.05) is 0 Å². The molecule has 0 unspecified atom stereocenters. The second-order valence-corrected chi connectivity index (χ2v) is 3.65. The van der Waals surface area contributed by atoms with Crippen molar-refractivity contribution >= 4 is 36.9 Å². The van der Waals surface area contributed by atoms with Crippen molar-refractivity contribution in [2.45, 2.75) is 6.54 Å². The van der Waals surface area contributed by atoms with Crippen LogP contribution in [0.4, 0.5) is 0 Å². The number of halogens is 2. The Morgan fingerprint density at radius 3 is 2.40 bits per heavy atom. The summed E-state index contributed by atoms with van der Waals surface area (Å²) in [4.78, 5) is 14.3. The maximum Gasteiger partial charge on any atom is 0.328 e. The number of rotatable bonds is 4. The molecule has 0 aliphatic heterocycles. The van der Waals surface area contributed by atoms with Crippen molar-refractivity contribution in [1.82, 2.24) is 9.55 Å². The third kappa shape index (κ3) is 6.38. The van der Waals surface area contributed by atoms with Crippen molar-refractivity contribution in [2.24, 2.45) is 0 Å². The van der Waals surface area contributed by atoms with Gasteiger partial charge in [0.25, 0.3) is 0 Å². The van der Waals surface area contributed by atoms with E-state index in [4.69, 9.17) is 5.11 Å². The van der Waals surface area contributed by atoms with Crippen LogP contribution in [0, 0.1) is 0 Å². The van der Waals surface area contributed by atoms with E-state index >= 15 is 0 Å². The van der Waals surface area contributed by atoms with Crippen LogP contribution in [0.1, 0.15) is 11.1 Å². The van der Waals surface area contributed by atoms with Crippen molar-refractivity contribution in [3.63, 3.8) is 0 Å². The van der Waals surface area contributed by atoms with Gasteiger partial charge in [0.15, 0.2) is 0 Å². The molecular weight excluding hydrogens is 303 g/mol. The molecule has 0 atom stereocenters. The molecule has 110 valence electrons. The maximum absolute atomic E-state index is 10.4. The molecule has 1 aromatic carbocycles. The van der Waals surface area contributed by atoms with Gasteiger partial charge in [0.1, 0.15) is 0 Å². The summed E-state index contributed by atoms with van der Waals surface area (Å²) in [5, 5.41) is 8.50. The molecule has 0 saturated carbocycles. The highest BCUT2D eigenvalue weighted by atomic mass is 35.5. The van der Waals surface area contributed by atoms with Crippen LogP contribution in [0.2, 0.25) is 0 Å². The van der Waals surface area contributed by atoms with Crippen LogP contribution >= 0.6 is 24.8 Å². The fourth-order valence-corrected chi connectivity index (χ4v) is 1.49. The number of hydrogen-bond donors (Lipinski definition) is 1. The number of carboxylic acids is 1. The van der Waals surface area contributed by atoms with E-state index in [1.54, 1.807) is 18.6 Å². The van der Waals surface area contributed by atoms with Gasteiger partial charge in [-0.1, -0.05) is 24.3 Å². The Morgan fingerprint density at radius 2 is 1.90 bits per heavy atom. The highest BCUT2D eigenvalue weighted by Gasteiger charge is 1.95. The number of aliphatic carboxylic acids is 1. The summed E-state index contributed by atoms with van der Waals surface area (Å²) in [5.74, 6) is -0.938. The zero-order valence-electron chi connectivity index (χ0n) is 10.5. The first-order valence-electron chi connectivity index (χ1n) is 5.20. The standard InChI is InChI=1S/C13H12N2O2.2ClH.H2O/c16-13(17)6-5-11-1-3-12(4-2-11)9-15-8-7-14-10-15;;;/h1-8,10H,9H2,(H,16,17);2*1H;1H2/b6-5+;;;. The predicted octanol–water partition coefficient (Wildman–Crippen LogP) is 2.05. The molecule has 7 heteroatoms. The van der Waals surface area contributed by atoms with Crippen LogP contribution in [-0.2, 0) is 11.3 Å². The second kappa shape index (κ2) is 10.0. The van der Waals surface area contributed by atoms with E-state index in [2.05, 4.69) is 4.98 Å². The summed E-state index contributed by atoms with van der Waals surface area (Å²) in [6.07, 6.45) is 8.11. The molecular formula is C13H16Cl2N2O3. The summed E-state index contributed by atoms with van der Waals surface area (Å²) in [5.41, 5.74) is 2.03. The van der Waals surface area contributed by atoms with Gasteiger partial charge in [-0.3, -0.25) is 0 Å². The molecule has 20 heavy (non-hydrogen) atoms. The van der Waals surface area contributed by atoms with E-state index in [-0.39, 0.29) is 30.3 Å². The second-order valence-electron chi connectivity index (χ2n) is 3.65. The summed E-state index contributed by atoms with van der Waals surface area (Å²) in [6, 6.07) is 7.74. The number of imidazole rings is 1. The lowest BCUT2D eigenvalue weighted by Gasteiger charge is -2.02. The van der Waals surface area contributed by atoms with Crippen molar-refractivity contribution in [1.29, 1.82) is 0 Å². The minimum absolute atomic E-state index is 0. The Bertz CT molecular complexity index is 525. The summed E-state index contributed by atoms with van der Waals surface area (Å²) < 4.78 is 1.97. The quantitative estimate of drug-likeness (QED) is 0.875. The number of carbonyl (C=O) groups is 1. The van der Waals surface area contributed by atoms with Crippen LogP contribution in [0.25, 0.3) is 6.08 Å². The summed E-state index contributed by atoms with van der Waals surface area (Å²) >= 11 is 0. The zero-order chi connectivity index (χ0) is 12.1. The fraction of sp³-hybridized carbons (Fsp3) is 0.0769. The van der Waals surface area contributed by atoms with Gasteiger partial charge in [0, 0.05) is 25.0 Å².